The first-order chi connectivity index (χ1) is 8.19. The molecule has 17 heavy (non-hydrogen) atoms. The minimum absolute atomic E-state index is 0.0319. The van der Waals surface area contributed by atoms with Gasteiger partial charge < -0.3 is 15.9 Å². The van der Waals surface area contributed by atoms with E-state index >= 15 is 0 Å². The van der Waals surface area contributed by atoms with Crippen LogP contribution in [0.5, 0.6) is 0 Å². The van der Waals surface area contributed by atoms with Crippen LogP contribution in [0, 0.1) is 11.3 Å². The van der Waals surface area contributed by atoms with Crippen molar-refractivity contribution in [2.75, 3.05) is 0 Å². The van der Waals surface area contributed by atoms with Gasteiger partial charge in [0.2, 0.25) is 5.13 Å². The zero-order valence-electron chi connectivity index (χ0n) is 8.75. The van der Waals surface area contributed by atoms with Crippen molar-refractivity contribution < 1.29 is 4.42 Å². The van der Waals surface area contributed by atoms with Crippen LogP contribution in [0.1, 0.15) is 5.76 Å². The lowest BCUT2D eigenvalue weighted by atomic mass is 10.3. The fourth-order valence-electron chi connectivity index (χ4n) is 1.23. The fourth-order valence-corrected chi connectivity index (χ4v) is 1.92. The Hall–Kier alpha value is -2.33. The number of nitriles is 1. The zero-order chi connectivity index (χ0) is 12.3. The lowest BCUT2D eigenvalue weighted by molar-refractivity contribution is 0.536. The second-order valence-electron chi connectivity index (χ2n) is 3.15. The average Bonchev–Trinajstić information content (AvgIpc) is 2.86. The summed E-state index contributed by atoms with van der Waals surface area (Å²) >= 11 is 1.31. The molecule has 0 aliphatic heterocycles. The summed E-state index contributed by atoms with van der Waals surface area (Å²) in [5, 5.41) is 10.8. The first-order valence-corrected chi connectivity index (χ1v) is 5.58. The van der Waals surface area contributed by atoms with Gasteiger partial charge in [0.15, 0.2) is 11.7 Å². The quantitative estimate of drug-likeness (QED) is 0.628. The number of nitrogens with two attached hydrogens (primary N) is 2. The molecular weight excluding hydrogens is 238 g/mol. The van der Waals surface area contributed by atoms with Crippen molar-refractivity contribution in [3.05, 3.63) is 23.3 Å². The highest BCUT2D eigenvalue weighted by Gasteiger charge is 2.08. The summed E-state index contributed by atoms with van der Waals surface area (Å²) in [5.74, 6) is 1.18. The van der Waals surface area contributed by atoms with E-state index in [1.807, 2.05) is 6.07 Å². The summed E-state index contributed by atoms with van der Waals surface area (Å²) in [4.78, 5) is 8.02. The third-order valence-corrected chi connectivity index (χ3v) is 2.62. The number of rotatable bonds is 3. The van der Waals surface area contributed by atoms with Crippen molar-refractivity contribution in [2.45, 2.75) is 6.42 Å². The van der Waals surface area contributed by atoms with Crippen molar-refractivity contribution in [1.82, 2.24) is 4.98 Å². The zero-order valence-corrected chi connectivity index (χ0v) is 9.57. The van der Waals surface area contributed by atoms with Crippen LogP contribution in [0.2, 0.25) is 0 Å². The molecule has 0 aliphatic rings. The minimum atomic E-state index is -0.0319. The first kappa shape index (κ1) is 11.2. The SMILES string of the molecule is N#CCc1ccc(-c2csc(N=C(N)N)n2)o1. The normalized spacial score (nSPS) is 9.82. The van der Waals surface area contributed by atoms with Crippen LogP contribution in [-0.2, 0) is 6.42 Å². The van der Waals surface area contributed by atoms with Crippen LogP contribution in [0.25, 0.3) is 11.5 Å². The molecule has 2 aromatic rings. The Balaban J connectivity index is 2.25. The van der Waals surface area contributed by atoms with E-state index in [0.29, 0.717) is 22.3 Å². The van der Waals surface area contributed by atoms with Gasteiger partial charge in [-0.2, -0.15) is 10.3 Å². The fraction of sp³-hybridized carbons (Fsp3) is 0.100. The van der Waals surface area contributed by atoms with E-state index in [4.69, 9.17) is 21.1 Å². The molecule has 0 fully saturated rings. The van der Waals surface area contributed by atoms with Crippen LogP contribution >= 0.6 is 11.3 Å². The molecular formula is C10H9N5OS. The molecule has 0 bridgehead atoms. The summed E-state index contributed by atoms with van der Waals surface area (Å²) in [6.45, 7) is 0. The van der Waals surface area contributed by atoms with Gasteiger partial charge in [-0.1, -0.05) is 0 Å². The molecule has 2 rings (SSSR count). The third kappa shape index (κ3) is 2.62. The Labute approximate surface area is 101 Å². The second-order valence-corrected chi connectivity index (χ2v) is 3.99. The van der Waals surface area contributed by atoms with Gasteiger partial charge in [0.25, 0.3) is 0 Å². The molecule has 0 radical (unpaired) electrons. The van der Waals surface area contributed by atoms with Gasteiger partial charge >= 0.3 is 0 Å². The van der Waals surface area contributed by atoms with E-state index in [1.165, 1.54) is 11.3 Å². The number of hydrogen-bond donors (Lipinski definition) is 2. The Kier molecular flexibility index (Phi) is 3.07. The van der Waals surface area contributed by atoms with Gasteiger partial charge in [0, 0.05) is 5.38 Å². The van der Waals surface area contributed by atoms with Crippen LogP contribution in [0.3, 0.4) is 0 Å². The van der Waals surface area contributed by atoms with Gasteiger partial charge in [0.05, 0.1) is 12.5 Å². The highest BCUT2D eigenvalue weighted by molar-refractivity contribution is 7.13. The molecule has 0 atom stereocenters. The minimum Gasteiger partial charge on any atom is -0.458 e. The third-order valence-electron chi connectivity index (χ3n) is 1.88. The molecule has 0 aliphatic carbocycles. The lowest BCUT2D eigenvalue weighted by Gasteiger charge is -1.89. The molecule has 2 heterocycles. The molecule has 0 saturated heterocycles. The van der Waals surface area contributed by atoms with Gasteiger partial charge in [-0.05, 0) is 12.1 Å². The number of nitrogens with zero attached hydrogens (tertiary/aromatic N) is 3. The van der Waals surface area contributed by atoms with Crippen molar-refractivity contribution in [1.29, 1.82) is 5.26 Å². The molecule has 86 valence electrons. The maximum Gasteiger partial charge on any atom is 0.212 e. The second kappa shape index (κ2) is 4.67. The smallest absolute Gasteiger partial charge is 0.212 e. The molecule has 0 unspecified atom stereocenters. The molecule has 7 heteroatoms. The van der Waals surface area contributed by atoms with Crippen LogP contribution in [0.4, 0.5) is 5.13 Å². The molecule has 0 aromatic carbocycles. The number of aliphatic imine (C=N–C) groups is 1. The van der Waals surface area contributed by atoms with Crippen molar-refractivity contribution >= 4 is 22.4 Å². The standard InChI is InChI=1S/C10H9N5OS/c11-4-3-6-1-2-8(16-6)7-5-17-10(14-7)15-9(12)13/h1-2,5H,3H2,(H4,12,13,14,15). The lowest BCUT2D eigenvalue weighted by Crippen LogP contribution is -2.21. The monoisotopic (exact) mass is 247 g/mol. The first-order valence-electron chi connectivity index (χ1n) is 4.70. The van der Waals surface area contributed by atoms with Gasteiger partial charge in [0.1, 0.15) is 11.5 Å². The number of furan rings is 1. The predicted octanol–water partition coefficient (Wildman–Crippen LogP) is 1.37. The average molecular weight is 247 g/mol. The Bertz CT molecular complexity index is 588. The molecule has 0 saturated carbocycles. The van der Waals surface area contributed by atoms with Crippen LogP contribution in [-0.4, -0.2) is 10.9 Å². The largest absolute Gasteiger partial charge is 0.458 e. The Morgan fingerprint density at radius 3 is 3.06 bits per heavy atom. The highest BCUT2D eigenvalue weighted by atomic mass is 32.1. The van der Waals surface area contributed by atoms with Gasteiger partial charge in [-0.15, -0.1) is 11.3 Å². The van der Waals surface area contributed by atoms with Crippen LogP contribution in [0.15, 0.2) is 26.9 Å². The van der Waals surface area contributed by atoms with E-state index in [-0.39, 0.29) is 12.4 Å². The van der Waals surface area contributed by atoms with E-state index in [9.17, 15) is 0 Å². The van der Waals surface area contributed by atoms with E-state index in [1.54, 1.807) is 17.5 Å². The topological polar surface area (TPSA) is 114 Å². The van der Waals surface area contributed by atoms with Crippen molar-refractivity contribution in [3.8, 4) is 17.5 Å². The van der Waals surface area contributed by atoms with E-state index < -0.39 is 0 Å². The summed E-state index contributed by atoms with van der Waals surface area (Å²) in [6.07, 6.45) is 0.241. The van der Waals surface area contributed by atoms with Gasteiger partial charge in [-0.3, -0.25) is 0 Å². The number of guanidine groups is 1. The Morgan fingerprint density at radius 2 is 2.35 bits per heavy atom. The predicted molar refractivity (Wildman–Crippen MR) is 64.6 cm³/mol. The van der Waals surface area contributed by atoms with E-state index in [2.05, 4.69) is 9.98 Å². The highest BCUT2D eigenvalue weighted by Crippen LogP contribution is 2.27. The number of aromatic nitrogens is 1. The summed E-state index contributed by atoms with van der Waals surface area (Å²) in [7, 11) is 0. The number of thiazole rings is 1. The van der Waals surface area contributed by atoms with Gasteiger partial charge in [-0.25, -0.2) is 4.98 Å². The summed E-state index contributed by atoms with van der Waals surface area (Å²) < 4.78 is 5.44. The Morgan fingerprint density at radius 1 is 1.53 bits per heavy atom. The van der Waals surface area contributed by atoms with Crippen molar-refractivity contribution in [2.24, 2.45) is 16.5 Å². The van der Waals surface area contributed by atoms with Crippen molar-refractivity contribution in [3.63, 3.8) is 0 Å². The molecule has 0 spiro atoms. The molecule has 6 nitrogen and oxygen atoms in total. The summed E-state index contributed by atoms with van der Waals surface area (Å²) in [5.41, 5.74) is 11.2. The maximum atomic E-state index is 8.53. The molecule has 4 N–H and O–H groups in total. The van der Waals surface area contributed by atoms with E-state index in [0.717, 1.165) is 0 Å². The number of hydrogen-bond acceptors (Lipinski definition) is 5. The maximum absolute atomic E-state index is 8.53. The molecule has 2 aromatic heterocycles. The van der Waals surface area contributed by atoms with Crippen LogP contribution < -0.4 is 11.5 Å². The molecule has 0 amide bonds. The summed E-state index contributed by atoms with van der Waals surface area (Å²) in [6, 6.07) is 5.53.